The summed E-state index contributed by atoms with van der Waals surface area (Å²) in [5.74, 6) is -0.159. The van der Waals surface area contributed by atoms with Crippen molar-refractivity contribution in [1.29, 1.82) is 0 Å². The number of amides is 2. The molecule has 0 unspecified atom stereocenters. The fourth-order valence-corrected chi connectivity index (χ4v) is 4.00. The molecule has 0 aliphatic carbocycles. The lowest BCUT2D eigenvalue weighted by Gasteiger charge is -2.17. The van der Waals surface area contributed by atoms with Gasteiger partial charge < -0.3 is 15.1 Å². The van der Waals surface area contributed by atoms with Crippen molar-refractivity contribution >= 4 is 40.2 Å². The first-order chi connectivity index (χ1) is 13.5. The van der Waals surface area contributed by atoms with Crippen molar-refractivity contribution in [3.05, 3.63) is 76.0 Å². The zero-order chi connectivity index (χ0) is 19.7. The highest BCUT2D eigenvalue weighted by atomic mass is 32.1. The van der Waals surface area contributed by atoms with Crippen LogP contribution in [-0.4, -0.2) is 32.5 Å². The minimum absolute atomic E-state index is 0.0101. The molecule has 1 aromatic heterocycles. The van der Waals surface area contributed by atoms with E-state index < -0.39 is 0 Å². The first-order valence-corrected chi connectivity index (χ1v) is 9.98. The summed E-state index contributed by atoms with van der Waals surface area (Å²) in [4.78, 5) is 29.9. The van der Waals surface area contributed by atoms with Gasteiger partial charge in [-0.15, -0.1) is 11.3 Å². The first-order valence-electron chi connectivity index (χ1n) is 9.10. The van der Waals surface area contributed by atoms with Crippen molar-refractivity contribution in [2.24, 2.45) is 0 Å². The molecule has 0 saturated carbocycles. The molecule has 142 valence electrons. The lowest BCUT2D eigenvalue weighted by atomic mass is 10.1. The van der Waals surface area contributed by atoms with Gasteiger partial charge in [-0.25, -0.2) is 0 Å². The predicted octanol–water partition coefficient (Wildman–Crippen LogP) is 4.27. The van der Waals surface area contributed by atoms with E-state index in [0.717, 1.165) is 28.2 Å². The van der Waals surface area contributed by atoms with Crippen LogP contribution in [0.1, 0.15) is 25.6 Å². The Labute approximate surface area is 168 Å². The van der Waals surface area contributed by atoms with Crippen molar-refractivity contribution in [2.75, 3.05) is 35.8 Å². The van der Waals surface area contributed by atoms with Crippen molar-refractivity contribution in [2.45, 2.75) is 6.42 Å². The van der Waals surface area contributed by atoms with Crippen molar-refractivity contribution in [3.8, 4) is 0 Å². The molecular weight excluding hydrogens is 370 g/mol. The molecule has 0 radical (unpaired) electrons. The van der Waals surface area contributed by atoms with E-state index in [1.54, 1.807) is 11.0 Å². The zero-order valence-electron chi connectivity index (χ0n) is 15.8. The molecule has 0 spiro atoms. The third kappa shape index (κ3) is 3.51. The van der Waals surface area contributed by atoms with Gasteiger partial charge in [0.1, 0.15) is 0 Å². The van der Waals surface area contributed by atoms with Crippen molar-refractivity contribution < 1.29 is 9.59 Å². The number of thiophene rings is 1. The molecule has 4 rings (SSSR count). The highest BCUT2D eigenvalue weighted by Gasteiger charge is 2.26. The molecule has 2 amide bonds. The van der Waals surface area contributed by atoms with Crippen LogP contribution in [0.5, 0.6) is 0 Å². The normalized spacial score (nSPS) is 12.6. The largest absolute Gasteiger partial charge is 0.378 e. The molecule has 6 heteroatoms. The highest BCUT2D eigenvalue weighted by molar-refractivity contribution is 7.12. The van der Waals surface area contributed by atoms with Gasteiger partial charge in [0.25, 0.3) is 11.8 Å². The van der Waals surface area contributed by atoms with Crippen LogP contribution in [0.3, 0.4) is 0 Å². The van der Waals surface area contributed by atoms with E-state index in [9.17, 15) is 9.59 Å². The van der Waals surface area contributed by atoms with E-state index in [2.05, 4.69) is 5.32 Å². The second kappa shape index (κ2) is 7.48. The van der Waals surface area contributed by atoms with Gasteiger partial charge in [0, 0.05) is 43.3 Å². The number of nitrogens with one attached hydrogen (secondary N) is 1. The molecule has 5 nitrogen and oxygen atoms in total. The first kappa shape index (κ1) is 18.3. The third-order valence-corrected chi connectivity index (χ3v) is 5.70. The second-order valence-corrected chi connectivity index (χ2v) is 7.87. The van der Waals surface area contributed by atoms with Crippen LogP contribution in [0.2, 0.25) is 0 Å². The fourth-order valence-electron chi connectivity index (χ4n) is 3.33. The van der Waals surface area contributed by atoms with Gasteiger partial charge in [-0.1, -0.05) is 18.2 Å². The van der Waals surface area contributed by atoms with Crippen LogP contribution in [0.4, 0.5) is 17.1 Å². The van der Waals surface area contributed by atoms with Crippen LogP contribution in [0.25, 0.3) is 0 Å². The number of carbonyl (C=O) groups is 2. The summed E-state index contributed by atoms with van der Waals surface area (Å²) in [6.07, 6.45) is 0.825. The van der Waals surface area contributed by atoms with E-state index in [1.807, 2.05) is 72.9 Å². The average molecular weight is 391 g/mol. The number of benzene rings is 2. The Hall–Kier alpha value is -3.12. The Bertz CT molecular complexity index is 1030. The summed E-state index contributed by atoms with van der Waals surface area (Å²) < 4.78 is 0. The third-order valence-electron chi connectivity index (χ3n) is 4.84. The molecule has 28 heavy (non-hydrogen) atoms. The molecule has 2 aromatic carbocycles. The van der Waals surface area contributed by atoms with E-state index in [1.165, 1.54) is 11.3 Å². The molecule has 1 aliphatic rings. The van der Waals surface area contributed by atoms with Gasteiger partial charge in [-0.2, -0.15) is 0 Å². The Morgan fingerprint density at radius 3 is 2.68 bits per heavy atom. The molecule has 2 heterocycles. The number of rotatable bonds is 4. The van der Waals surface area contributed by atoms with Gasteiger partial charge in [0.05, 0.1) is 4.88 Å². The van der Waals surface area contributed by atoms with Crippen LogP contribution in [-0.2, 0) is 6.42 Å². The van der Waals surface area contributed by atoms with Gasteiger partial charge in [0.2, 0.25) is 0 Å². The van der Waals surface area contributed by atoms with E-state index >= 15 is 0 Å². The summed E-state index contributed by atoms with van der Waals surface area (Å²) in [5.41, 5.74) is 4.24. The van der Waals surface area contributed by atoms with Crippen LogP contribution < -0.4 is 15.1 Å². The standard InChI is InChI=1S/C22H21N3O2S/c1-24(2)18-6-3-5-16(13-18)21(26)23-17-9-8-15-10-11-25(19(15)14-17)22(27)20-7-4-12-28-20/h3-9,12-14H,10-11H2,1-2H3,(H,23,26). The van der Waals surface area contributed by atoms with E-state index in [-0.39, 0.29) is 11.8 Å². The summed E-state index contributed by atoms with van der Waals surface area (Å²) in [5, 5.41) is 4.86. The molecule has 1 N–H and O–H groups in total. The maximum Gasteiger partial charge on any atom is 0.268 e. The Balaban J connectivity index is 1.56. The topological polar surface area (TPSA) is 52.7 Å². The van der Waals surface area contributed by atoms with Crippen LogP contribution >= 0.6 is 11.3 Å². The number of anilines is 3. The molecule has 0 bridgehead atoms. The van der Waals surface area contributed by atoms with Gasteiger partial charge >= 0.3 is 0 Å². The Kier molecular flexibility index (Phi) is 4.88. The number of fused-ring (bicyclic) bond motifs is 1. The number of hydrogen-bond acceptors (Lipinski definition) is 4. The minimum atomic E-state index is -0.169. The summed E-state index contributed by atoms with van der Waals surface area (Å²) in [7, 11) is 3.88. The minimum Gasteiger partial charge on any atom is -0.378 e. The lowest BCUT2D eigenvalue weighted by molar-refractivity contribution is 0.0991. The highest BCUT2D eigenvalue weighted by Crippen LogP contribution is 2.32. The summed E-state index contributed by atoms with van der Waals surface area (Å²) in [6, 6.07) is 17.0. The number of hydrogen-bond donors (Lipinski definition) is 1. The molecule has 0 atom stereocenters. The summed E-state index contributed by atoms with van der Waals surface area (Å²) >= 11 is 1.44. The van der Waals surface area contributed by atoms with Gasteiger partial charge in [-0.05, 0) is 53.8 Å². The average Bonchev–Trinajstić information content (AvgIpc) is 3.37. The SMILES string of the molecule is CN(C)c1cccc(C(=O)Nc2ccc3c(c2)N(C(=O)c2cccs2)CC3)c1. The molecule has 1 aliphatic heterocycles. The van der Waals surface area contributed by atoms with E-state index in [0.29, 0.717) is 17.8 Å². The molecule has 0 saturated heterocycles. The van der Waals surface area contributed by atoms with Crippen molar-refractivity contribution in [1.82, 2.24) is 0 Å². The number of nitrogens with zero attached hydrogens (tertiary/aromatic N) is 2. The monoisotopic (exact) mass is 391 g/mol. The van der Waals surface area contributed by atoms with Gasteiger partial charge in [0.15, 0.2) is 0 Å². The van der Waals surface area contributed by atoms with Crippen LogP contribution in [0, 0.1) is 0 Å². The van der Waals surface area contributed by atoms with Crippen molar-refractivity contribution in [3.63, 3.8) is 0 Å². The summed E-state index contributed by atoms with van der Waals surface area (Å²) in [6.45, 7) is 0.661. The quantitative estimate of drug-likeness (QED) is 0.723. The maximum atomic E-state index is 12.8. The molecule has 0 fully saturated rings. The Morgan fingerprint density at radius 2 is 1.93 bits per heavy atom. The second-order valence-electron chi connectivity index (χ2n) is 6.93. The Morgan fingerprint density at radius 1 is 1.07 bits per heavy atom. The van der Waals surface area contributed by atoms with Crippen LogP contribution in [0.15, 0.2) is 60.0 Å². The molecular formula is C22H21N3O2S. The van der Waals surface area contributed by atoms with Gasteiger partial charge in [-0.3, -0.25) is 9.59 Å². The zero-order valence-corrected chi connectivity index (χ0v) is 16.6. The predicted molar refractivity (Wildman–Crippen MR) is 115 cm³/mol. The number of carbonyl (C=O) groups excluding carboxylic acids is 2. The van der Waals surface area contributed by atoms with E-state index in [4.69, 9.17) is 0 Å². The smallest absolute Gasteiger partial charge is 0.268 e. The molecule has 3 aromatic rings. The maximum absolute atomic E-state index is 12.8. The lowest BCUT2D eigenvalue weighted by Crippen LogP contribution is -2.28. The fraction of sp³-hybridized carbons (Fsp3) is 0.182.